The van der Waals surface area contributed by atoms with Gasteiger partial charge in [0.25, 0.3) is 0 Å². The van der Waals surface area contributed by atoms with E-state index in [0.29, 0.717) is 13.0 Å². The molecular formula is C11H24N2O3S. The Hall–Kier alpha value is -0.780. The highest BCUT2D eigenvalue weighted by Gasteiger charge is 2.13. The van der Waals surface area contributed by atoms with Gasteiger partial charge < -0.3 is 5.32 Å². The minimum absolute atomic E-state index is 0.0241. The minimum atomic E-state index is -3.46. The van der Waals surface area contributed by atoms with Gasteiger partial charge in [0.1, 0.15) is 0 Å². The van der Waals surface area contributed by atoms with Gasteiger partial charge in [0.15, 0.2) is 0 Å². The highest BCUT2D eigenvalue weighted by molar-refractivity contribution is 7.90. The Morgan fingerprint density at radius 2 is 1.65 bits per heavy atom. The summed E-state index contributed by atoms with van der Waals surface area (Å²) in [6, 6.07) is -0.625. The second-order valence-corrected chi connectivity index (χ2v) is 5.93. The molecule has 0 atom stereocenters. The SMILES string of the molecule is CCCCCCCS(=O)(=O)NC(=O)NCCC. The lowest BCUT2D eigenvalue weighted by Crippen LogP contribution is -2.40. The molecule has 5 nitrogen and oxygen atoms in total. The largest absolute Gasteiger partial charge is 0.337 e. The molecule has 17 heavy (non-hydrogen) atoms. The van der Waals surface area contributed by atoms with Gasteiger partial charge in [-0.3, -0.25) is 0 Å². The first-order valence-electron chi connectivity index (χ1n) is 6.30. The Morgan fingerprint density at radius 1 is 1.00 bits per heavy atom. The zero-order chi connectivity index (χ0) is 13.1. The zero-order valence-corrected chi connectivity index (χ0v) is 11.6. The van der Waals surface area contributed by atoms with Gasteiger partial charge in [0.05, 0.1) is 5.75 Å². The fraction of sp³-hybridized carbons (Fsp3) is 0.909. The smallest absolute Gasteiger partial charge is 0.328 e. The molecule has 0 spiro atoms. The molecule has 0 radical (unpaired) electrons. The van der Waals surface area contributed by atoms with Crippen molar-refractivity contribution >= 4 is 16.1 Å². The van der Waals surface area contributed by atoms with E-state index in [-0.39, 0.29) is 5.75 Å². The quantitative estimate of drug-likeness (QED) is 0.625. The van der Waals surface area contributed by atoms with Crippen molar-refractivity contribution in [3.05, 3.63) is 0 Å². The third-order valence-corrected chi connectivity index (χ3v) is 3.62. The molecule has 0 aromatic carbocycles. The topological polar surface area (TPSA) is 75.3 Å². The molecule has 0 saturated heterocycles. The second-order valence-electron chi connectivity index (χ2n) is 4.09. The van der Waals surface area contributed by atoms with Gasteiger partial charge in [-0.2, -0.15) is 0 Å². The molecule has 0 saturated carbocycles. The summed E-state index contributed by atoms with van der Waals surface area (Å²) >= 11 is 0. The molecule has 102 valence electrons. The van der Waals surface area contributed by atoms with Crippen molar-refractivity contribution in [3.63, 3.8) is 0 Å². The normalized spacial score (nSPS) is 11.2. The predicted octanol–water partition coefficient (Wildman–Crippen LogP) is 2.00. The molecule has 0 aliphatic heterocycles. The molecule has 2 N–H and O–H groups in total. The van der Waals surface area contributed by atoms with Crippen LogP contribution in [0.2, 0.25) is 0 Å². The van der Waals surface area contributed by atoms with Gasteiger partial charge in [-0.1, -0.05) is 39.5 Å². The maximum Gasteiger partial charge on any atom is 0.328 e. The highest BCUT2D eigenvalue weighted by Crippen LogP contribution is 2.03. The molecule has 0 aromatic heterocycles. The van der Waals surface area contributed by atoms with Gasteiger partial charge in [0, 0.05) is 6.54 Å². The summed E-state index contributed by atoms with van der Waals surface area (Å²) in [4.78, 5) is 11.2. The van der Waals surface area contributed by atoms with E-state index in [9.17, 15) is 13.2 Å². The van der Waals surface area contributed by atoms with Crippen LogP contribution in [0.15, 0.2) is 0 Å². The Bertz CT molecular complexity index is 302. The van der Waals surface area contributed by atoms with Crippen molar-refractivity contribution in [1.29, 1.82) is 0 Å². The lowest BCUT2D eigenvalue weighted by atomic mass is 10.2. The van der Waals surface area contributed by atoms with E-state index >= 15 is 0 Å². The van der Waals surface area contributed by atoms with E-state index in [1.165, 1.54) is 0 Å². The molecule has 0 fully saturated rings. The van der Waals surface area contributed by atoms with Crippen LogP contribution in [0.25, 0.3) is 0 Å². The second kappa shape index (κ2) is 9.27. The summed E-state index contributed by atoms with van der Waals surface area (Å²) in [6.07, 6.45) is 5.59. The fourth-order valence-electron chi connectivity index (χ4n) is 1.36. The van der Waals surface area contributed by atoms with Crippen molar-refractivity contribution < 1.29 is 13.2 Å². The number of nitrogens with one attached hydrogen (secondary N) is 2. The average molecular weight is 264 g/mol. The number of unbranched alkanes of at least 4 members (excludes halogenated alkanes) is 4. The Balaban J connectivity index is 3.76. The molecule has 0 heterocycles. The molecule has 0 aliphatic carbocycles. The molecule has 2 amide bonds. The maximum atomic E-state index is 11.5. The first-order valence-corrected chi connectivity index (χ1v) is 7.95. The van der Waals surface area contributed by atoms with Crippen LogP contribution < -0.4 is 10.0 Å². The van der Waals surface area contributed by atoms with Crippen molar-refractivity contribution in [2.45, 2.75) is 52.4 Å². The summed E-state index contributed by atoms with van der Waals surface area (Å²) < 4.78 is 24.9. The molecule has 0 aromatic rings. The van der Waals surface area contributed by atoms with Crippen LogP contribution in [-0.2, 0) is 10.0 Å². The van der Waals surface area contributed by atoms with Crippen molar-refractivity contribution in [3.8, 4) is 0 Å². The van der Waals surface area contributed by atoms with E-state index in [1.807, 2.05) is 11.6 Å². The van der Waals surface area contributed by atoms with Gasteiger partial charge in [-0.25, -0.2) is 17.9 Å². The summed E-state index contributed by atoms with van der Waals surface area (Å²) in [5, 5.41) is 2.47. The van der Waals surface area contributed by atoms with Crippen LogP contribution in [0, 0.1) is 0 Å². The number of sulfonamides is 1. The maximum absolute atomic E-state index is 11.5. The first kappa shape index (κ1) is 16.2. The Morgan fingerprint density at radius 3 is 2.24 bits per heavy atom. The van der Waals surface area contributed by atoms with E-state index in [2.05, 4.69) is 12.2 Å². The summed E-state index contributed by atoms with van der Waals surface area (Å²) in [7, 11) is -3.46. The van der Waals surface area contributed by atoms with Gasteiger partial charge in [-0.05, 0) is 12.8 Å². The van der Waals surface area contributed by atoms with Crippen LogP contribution in [0.3, 0.4) is 0 Å². The van der Waals surface area contributed by atoms with E-state index in [0.717, 1.165) is 32.1 Å². The number of rotatable bonds is 9. The summed E-state index contributed by atoms with van der Waals surface area (Å²) in [5.41, 5.74) is 0. The van der Waals surface area contributed by atoms with E-state index < -0.39 is 16.1 Å². The van der Waals surface area contributed by atoms with Crippen LogP contribution in [-0.4, -0.2) is 26.7 Å². The van der Waals surface area contributed by atoms with Crippen molar-refractivity contribution in [2.75, 3.05) is 12.3 Å². The van der Waals surface area contributed by atoms with Crippen LogP contribution in [0.4, 0.5) is 4.79 Å². The lowest BCUT2D eigenvalue weighted by Gasteiger charge is -2.07. The Kier molecular flexibility index (Phi) is 8.85. The van der Waals surface area contributed by atoms with Gasteiger partial charge in [-0.15, -0.1) is 0 Å². The summed E-state index contributed by atoms with van der Waals surface area (Å²) in [6.45, 7) is 4.50. The van der Waals surface area contributed by atoms with Gasteiger partial charge >= 0.3 is 6.03 Å². The third kappa shape index (κ3) is 10.1. The van der Waals surface area contributed by atoms with E-state index in [1.54, 1.807) is 0 Å². The predicted molar refractivity (Wildman–Crippen MR) is 69.4 cm³/mol. The molecule has 0 aliphatic rings. The standard InChI is InChI=1S/C11H24N2O3S/c1-3-5-6-7-8-10-17(15,16)13-11(14)12-9-4-2/h3-10H2,1-2H3,(H2,12,13,14). The number of amides is 2. The molecule has 6 heteroatoms. The average Bonchev–Trinajstić information content (AvgIpc) is 2.25. The number of urea groups is 1. The monoisotopic (exact) mass is 264 g/mol. The van der Waals surface area contributed by atoms with Crippen LogP contribution >= 0.6 is 0 Å². The summed E-state index contributed by atoms with van der Waals surface area (Å²) in [5.74, 6) is 0.0241. The number of carbonyl (C=O) groups is 1. The molecular weight excluding hydrogens is 240 g/mol. The Labute approximate surface area is 104 Å². The van der Waals surface area contributed by atoms with E-state index in [4.69, 9.17) is 0 Å². The molecule has 0 unspecified atom stereocenters. The molecule has 0 rings (SSSR count). The zero-order valence-electron chi connectivity index (χ0n) is 10.8. The highest BCUT2D eigenvalue weighted by atomic mass is 32.2. The van der Waals surface area contributed by atoms with Crippen molar-refractivity contribution in [2.24, 2.45) is 0 Å². The third-order valence-electron chi connectivity index (χ3n) is 2.30. The lowest BCUT2D eigenvalue weighted by molar-refractivity contribution is 0.246. The number of hydrogen-bond acceptors (Lipinski definition) is 3. The van der Waals surface area contributed by atoms with Crippen LogP contribution in [0.1, 0.15) is 52.4 Å². The number of carbonyl (C=O) groups excluding carboxylic acids is 1. The van der Waals surface area contributed by atoms with Crippen LogP contribution in [0.5, 0.6) is 0 Å². The first-order chi connectivity index (χ1) is 8.02. The minimum Gasteiger partial charge on any atom is -0.337 e. The van der Waals surface area contributed by atoms with Gasteiger partial charge in [0.2, 0.25) is 10.0 Å². The fourth-order valence-corrected chi connectivity index (χ4v) is 2.40. The van der Waals surface area contributed by atoms with Crippen molar-refractivity contribution in [1.82, 2.24) is 10.0 Å². The molecule has 0 bridgehead atoms. The number of hydrogen-bond donors (Lipinski definition) is 2.